The predicted octanol–water partition coefficient (Wildman–Crippen LogP) is 3.45. The molecular weight excluding hydrogens is 364 g/mol. The van der Waals surface area contributed by atoms with E-state index in [0.717, 1.165) is 24.8 Å². The van der Waals surface area contributed by atoms with E-state index >= 15 is 0 Å². The van der Waals surface area contributed by atoms with Gasteiger partial charge in [0.15, 0.2) is 6.61 Å². The molecule has 0 radical (unpaired) electrons. The number of amides is 2. The van der Waals surface area contributed by atoms with Gasteiger partial charge in [0.05, 0.1) is 0 Å². The molecule has 1 saturated carbocycles. The first-order valence-electron chi connectivity index (χ1n) is 9.01. The molecule has 142 valence electrons. The van der Waals surface area contributed by atoms with Crippen molar-refractivity contribution >= 4 is 34.1 Å². The minimum Gasteiger partial charge on any atom is -0.452 e. The van der Waals surface area contributed by atoms with Crippen molar-refractivity contribution in [1.82, 2.24) is 5.32 Å². The number of anilines is 1. The van der Waals surface area contributed by atoms with Crippen molar-refractivity contribution in [2.45, 2.75) is 26.2 Å². The van der Waals surface area contributed by atoms with E-state index in [-0.39, 0.29) is 24.3 Å². The van der Waals surface area contributed by atoms with Crippen molar-refractivity contribution in [2.24, 2.45) is 5.92 Å². The normalized spacial score (nSPS) is 13.1. The highest BCUT2D eigenvalue weighted by Gasteiger charge is 2.31. The van der Waals surface area contributed by atoms with Gasteiger partial charge in [0.25, 0.3) is 5.91 Å². The second kappa shape index (κ2) is 8.81. The Morgan fingerprint density at radius 3 is 2.59 bits per heavy atom. The van der Waals surface area contributed by atoms with E-state index in [1.165, 1.54) is 11.3 Å². The predicted molar refractivity (Wildman–Crippen MR) is 105 cm³/mol. The number of carbonyl (C=O) groups excluding carboxylic acids is 3. The van der Waals surface area contributed by atoms with E-state index in [0.29, 0.717) is 22.7 Å². The molecule has 0 atom stereocenters. The average Bonchev–Trinajstić information content (AvgIpc) is 3.46. The molecule has 1 aromatic carbocycles. The summed E-state index contributed by atoms with van der Waals surface area (Å²) < 4.78 is 5.21. The summed E-state index contributed by atoms with van der Waals surface area (Å²) in [5.74, 6) is -1.01. The molecule has 1 aliphatic carbocycles. The van der Waals surface area contributed by atoms with Gasteiger partial charge in [0.2, 0.25) is 5.91 Å². The molecule has 2 N–H and O–H groups in total. The smallest absolute Gasteiger partial charge is 0.342 e. The summed E-state index contributed by atoms with van der Waals surface area (Å²) in [5, 5.41) is 7.80. The molecule has 1 heterocycles. The highest BCUT2D eigenvalue weighted by molar-refractivity contribution is 7.15. The van der Waals surface area contributed by atoms with E-state index in [4.69, 9.17) is 4.74 Å². The van der Waals surface area contributed by atoms with Crippen molar-refractivity contribution in [3.8, 4) is 11.1 Å². The maximum atomic E-state index is 12.7. The molecule has 27 heavy (non-hydrogen) atoms. The molecule has 1 aliphatic rings. The van der Waals surface area contributed by atoms with E-state index in [2.05, 4.69) is 10.6 Å². The van der Waals surface area contributed by atoms with Gasteiger partial charge in [-0.05, 0) is 24.8 Å². The fourth-order valence-electron chi connectivity index (χ4n) is 2.56. The number of hydrogen-bond acceptors (Lipinski definition) is 5. The molecule has 0 bridgehead atoms. The lowest BCUT2D eigenvalue weighted by Gasteiger charge is -2.10. The number of ether oxygens (including phenoxy) is 1. The van der Waals surface area contributed by atoms with Crippen molar-refractivity contribution in [3.05, 3.63) is 41.3 Å². The van der Waals surface area contributed by atoms with Crippen molar-refractivity contribution in [3.63, 3.8) is 0 Å². The Labute approximate surface area is 161 Å². The van der Waals surface area contributed by atoms with E-state index in [1.807, 2.05) is 42.6 Å². The second-order valence-corrected chi connectivity index (χ2v) is 7.29. The van der Waals surface area contributed by atoms with Crippen LogP contribution >= 0.6 is 11.3 Å². The first-order valence-corrected chi connectivity index (χ1v) is 9.89. The molecule has 2 amide bonds. The van der Waals surface area contributed by atoms with E-state index < -0.39 is 5.97 Å². The zero-order valence-corrected chi connectivity index (χ0v) is 15.9. The van der Waals surface area contributed by atoms with Crippen molar-refractivity contribution in [1.29, 1.82) is 0 Å². The van der Waals surface area contributed by atoms with Gasteiger partial charge in [0, 0.05) is 23.4 Å². The van der Waals surface area contributed by atoms with Gasteiger partial charge in [-0.2, -0.15) is 0 Å². The standard InChI is InChI=1S/C20H22N2O4S/c1-2-10-21-16(23)11-26-20(25)17-15(13-6-4-3-5-7-13)12-27-19(17)22-18(24)14-8-9-14/h3-7,12,14H,2,8-11H2,1H3,(H,21,23)(H,22,24). The first-order chi connectivity index (χ1) is 13.1. The van der Waals surface area contributed by atoms with Gasteiger partial charge < -0.3 is 15.4 Å². The van der Waals surface area contributed by atoms with Crippen LogP contribution in [0.15, 0.2) is 35.7 Å². The summed E-state index contributed by atoms with van der Waals surface area (Å²) in [6, 6.07) is 9.42. The Hall–Kier alpha value is -2.67. The lowest BCUT2D eigenvalue weighted by atomic mass is 10.0. The number of carbonyl (C=O) groups is 3. The minimum absolute atomic E-state index is 0.0240. The quantitative estimate of drug-likeness (QED) is 0.681. The first kappa shape index (κ1) is 19.1. The van der Waals surface area contributed by atoms with Crippen LogP contribution in [0.1, 0.15) is 36.5 Å². The van der Waals surface area contributed by atoms with Gasteiger partial charge in [-0.1, -0.05) is 37.3 Å². The Kier molecular flexibility index (Phi) is 6.24. The van der Waals surface area contributed by atoms with E-state index in [1.54, 1.807) is 0 Å². The Balaban J connectivity index is 1.80. The van der Waals surface area contributed by atoms with Crippen LogP contribution in [0.3, 0.4) is 0 Å². The van der Waals surface area contributed by atoms with Crippen LogP contribution in [-0.4, -0.2) is 30.9 Å². The van der Waals surface area contributed by atoms with Crippen molar-refractivity contribution in [2.75, 3.05) is 18.5 Å². The summed E-state index contributed by atoms with van der Waals surface area (Å²) in [6.07, 6.45) is 2.56. The summed E-state index contributed by atoms with van der Waals surface area (Å²) in [5.41, 5.74) is 1.83. The fraction of sp³-hybridized carbons (Fsp3) is 0.350. The molecule has 0 aliphatic heterocycles. The number of nitrogens with one attached hydrogen (secondary N) is 2. The molecule has 0 saturated heterocycles. The highest BCUT2D eigenvalue weighted by atomic mass is 32.1. The molecule has 3 rings (SSSR count). The van der Waals surface area contributed by atoms with Crippen LogP contribution < -0.4 is 10.6 Å². The number of thiophene rings is 1. The maximum Gasteiger partial charge on any atom is 0.342 e. The monoisotopic (exact) mass is 386 g/mol. The zero-order valence-electron chi connectivity index (χ0n) is 15.1. The number of esters is 1. The van der Waals surface area contributed by atoms with E-state index in [9.17, 15) is 14.4 Å². The second-order valence-electron chi connectivity index (χ2n) is 6.41. The topological polar surface area (TPSA) is 84.5 Å². The minimum atomic E-state index is -0.618. The average molecular weight is 386 g/mol. The summed E-state index contributed by atoms with van der Waals surface area (Å²) in [4.78, 5) is 36.6. The SMILES string of the molecule is CCCNC(=O)COC(=O)c1c(-c2ccccc2)csc1NC(=O)C1CC1. The highest BCUT2D eigenvalue weighted by Crippen LogP contribution is 2.38. The Morgan fingerprint density at radius 2 is 1.93 bits per heavy atom. The van der Waals surface area contributed by atoms with Crippen molar-refractivity contribution < 1.29 is 19.1 Å². The van der Waals surface area contributed by atoms with Crippen LogP contribution in [-0.2, 0) is 14.3 Å². The molecular formula is C20H22N2O4S. The number of benzene rings is 1. The summed E-state index contributed by atoms with van der Waals surface area (Å²) >= 11 is 1.29. The molecule has 2 aromatic rings. The molecule has 1 aromatic heterocycles. The zero-order chi connectivity index (χ0) is 19.2. The molecule has 0 spiro atoms. The number of hydrogen-bond donors (Lipinski definition) is 2. The van der Waals surface area contributed by atoms with Gasteiger partial charge in [0.1, 0.15) is 10.6 Å². The van der Waals surface area contributed by atoms with Crippen LogP contribution in [0.25, 0.3) is 11.1 Å². The van der Waals surface area contributed by atoms with Gasteiger partial charge in [-0.3, -0.25) is 9.59 Å². The van der Waals surface area contributed by atoms with Gasteiger partial charge in [-0.25, -0.2) is 4.79 Å². The van der Waals surface area contributed by atoms with Crippen LogP contribution in [0, 0.1) is 5.92 Å². The molecule has 1 fully saturated rings. The van der Waals surface area contributed by atoms with Crippen LogP contribution in [0.5, 0.6) is 0 Å². The lowest BCUT2D eigenvalue weighted by Crippen LogP contribution is -2.29. The maximum absolute atomic E-state index is 12.7. The lowest BCUT2D eigenvalue weighted by molar-refractivity contribution is -0.124. The van der Waals surface area contributed by atoms with Crippen LogP contribution in [0.2, 0.25) is 0 Å². The number of rotatable bonds is 8. The fourth-order valence-corrected chi connectivity index (χ4v) is 3.52. The molecule has 0 unspecified atom stereocenters. The third-order valence-corrected chi connectivity index (χ3v) is 5.07. The molecule has 7 heteroatoms. The van der Waals surface area contributed by atoms with Gasteiger partial charge in [-0.15, -0.1) is 11.3 Å². The largest absolute Gasteiger partial charge is 0.452 e. The van der Waals surface area contributed by atoms with Crippen LogP contribution in [0.4, 0.5) is 5.00 Å². The summed E-state index contributed by atoms with van der Waals surface area (Å²) in [7, 11) is 0. The van der Waals surface area contributed by atoms with Gasteiger partial charge >= 0.3 is 5.97 Å². The Morgan fingerprint density at radius 1 is 1.19 bits per heavy atom. The molecule has 6 nitrogen and oxygen atoms in total. The Bertz CT molecular complexity index is 828. The summed E-state index contributed by atoms with van der Waals surface area (Å²) in [6.45, 7) is 2.13. The third-order valence-electron chi connectivity index (χ3n) is 4.17. The third kappa shape index (κ3) is 4.95.